The Morgan fingerprint density at radius 3 is 2.75 bits per heavy atom. The van der Waals surface area contributed by atoms with Crippen LogP contribution in [-0.4, -0.2) is 34.5 Å². The van der Waals surface area contributed by atoms with Crippen molar-refractivity contribution < 1.29 is 22.4 Å². The summed E-state index contributed by atoms with van der Waals surface area (Å²) in [6, 6.07) is 5.91. The van der Waals surface area contributed by atoms with Gasteiger partial charge in [0.15, 0.2) is 11.5 Å². The molecule has 2 N–H and O–H groups in total. The lowest BCUT2D eigenvalue weighted by Gasteiger charge is -2.13. The summed E-state index contributed by atoms with van der Waals surface area (Å²) in [6.45, 7) is 0.0743. The van der Waals surface area contributed by atoms with Crippen LogP contribution in [0.15, 0.2) is 44.3 Å². The molecule has 1 heterocycles. The van der Waals surface area contributed by atoms with Crippen LogP contribution < -0.4 is 14.8 Å². The van der Waals surface area contributed by atoms with Gasteiger partial charge in [0.2, 0.25) is 10.0 Å². The highest BCUT2D eigenvalue weighted by Crippen LogP contribution is 2.35. The molecule has 7 nitrogen and oxygen atoms in total. The Balaban J connectivity index is 2.00. The Labute approximate surface area is 152 Å². The maximum absolute atomic E-state index is 12.4. The molecule has 0 atom stereocenters. The fourth-order valence-corrected chi connectivity index (χ4v) is 4.28. The van der Waals surface area contributed by atoms with Crippen LogP contribution >= 0.6 is 27.5 Å². The lowest BCUT2D eigenvalue weighted by molar-refractivity contribution is 0.0926. The number of rotatable bonds is 7. The topological polar surface area (TPSA) is 97.6 Å². The first-order valence-corrected chi connectivity index (χ1v) is 9.35. The van der Waals surface area contributed by atoms with Gasteiger partial charge in [-0.05, 0) is 40.2 Å². The third kappa shape index (κ3) is 4.50. The zero-order valence-corrected chi connectivity index (χ0v) is 15.7. The smallest absolute Gasteiger partial charge is 0.287 e. The molecule has 2 aromatic rings. The van der Waals surface area contributed by atoms with Crippen molar-refractivity contribution in [2.75, 3.05) is 20.2 Å². The maximum Gasteiger partial charge on any atom is 0.287 e. The van der Waals surface area contributed by atoms with Crippen molar-refractivity contribution in [2.24, 2.45) is 0 Å². The van der Waals surface area contributed by atoms with Crippen LogP contribution in [0.1, 0.15) is 10.6 Å². The van der Waals surface area contributed by atoms with E-state index in [0.29, 0.717) is 4.47 Å². The van der Waals surface area contributed by atoms with Gasteiger partial charge in [0.05, 0.1) is 17.8 Å². The molecular formula is C14H14BrClN2O5S. The van der Waals surface area contributed by atoms with Crippen molar-refractivity contribution in [2.45, 2.75) is 4.90 Å². The van der Waals surface area contributed by atoms with Gasteiger partial charge in [-0.1, -0.05) is 11.6 Å². The highest BCUT2D eigenvalue weighted by Gasteiger charge is 2.22. The summed E-state index contributed by atoms with van der Waals surface area (Å²) in [5, 5.41) is 2.78. The van der Waals surface area contributed by atoms with Gasteiger partial charge in [0.25, 0.3) is 5.91 Å². The van der Waals surface area contributed by atoms with Gasteiger partial charge in [-0.25, -0.2) is 13.1 Å². The molecular weight excluding hydrogens is 424 g/mol. The van der Waals surface area contributed by atoms with Gasteiger partial charge < -0.3 is 14.5 Å². The van der Waals surface area contributed by atoms with E-state index in [1.807, 2.05) is 0 Å². The molecule has 0 aliphatic heterocycles. The van der Waals surface area contributed by atoms with E-state index < -0.39 is 15.9 Å². The second kappa shape index (κ2) is 8.02. The SMILES string of the molecule is COc1c(Br)cc(Cl)cc1S(=O)(=O)NCCNC(=O)c1ccco1. The molecule has 0 aliphatic rings. The highest BCUT2D eigenvalue weighted by atomic mass is 79.9. The lowest BCUT2D eigenvalue weighted by atomic mass is 10.3. The number of benzene rings is 1. The van der Waals surface area contributed by atoms with Gasteiger partial charge >= 0.3 is 0 Å². The fraction of sp³-hybridized carbons (Fsp3) is 0.214. The van der Waals surface area contributed by atoms with E-state index in [4.69, 9.17) is 20.8 Å². The number of nitrogens with one attached hydrogen (secondary N) is 2. The van der Waals surface area contributed by atoms with Crippen LogP contribution in [0.25, 0.3) is 0 Å². The molecule has 1 amide bonds. The molecule has 130 valence electrons. The molecule has 0 saturated heterocycles. The average molecular weight is 438 g/mol. The van der Waals surface area contributed by atoms with E-state index in [1.165, 1.54) is 31.6 Å². The monoisotopic (exact) mass is 436 g/mol. The van der Waals surface area contributed by atoms with Crippen LogP contribution in [-0.2, 0) is 10.0 Å². The number of ether oxygens (including phenoxy) is 1. The Bertz CT molecular complexity index is 824. The Morgan fingerprint density at radius 2 is 2.12 bits per heavy atom. The molecule has 10 heteroatoms. The third-order valence-corrected chi connectivity index (χ3v) is 5.19. The van der Waals surface area contributed by atoms with Crippen molar-refractivity contribution in [3.8, 4) is 5.75 Å². The Hall–Kier alpha value is -1.55. The average Bonchev–Trinajstić information content (AvgIpc) is 3.05. The number of methoxy groups -OCH3 is 1. The number of carbonyl (C=O) groups excluding carboxylic acids is 1. The molecule has 0 fully saturated rings. The molecule has 0 saturated carbocycles. The Morgan fingerprint density at radius 1 is 1.38 bits per heavy atom. The van der Waals surface area contributed by atoms with Crippen molar-refractivity contribution in [3.05, 3.63) is 45.8 Å². The van der Waals surface area contributed by atoms with Crippen LogP contribution in [0.3, 0.4) is 0 Å². The molecule has 1 aromatic heterocycles. The van der Waals surface area contributed by atoms with E-state index in [-0.39, 0.29) is 34.5 Å². The Kier molecular flexibility index (Phi) is 6.27. The highest BCUT2D eigenvalue weighted by molar-refractivity contribution is 9.10. The van der Waals surface area contributed by atoms with Gasteiger partial charge in [0.1, 0.15) is 4.90 Å². The van der Waals surface area contributed by atoms with Crippen LogP contribution in [0, 0.1) is 0 Å². The van der Waals surface area contributed by atoms with Gasteiger partial charge in [-0.15, -0.1) is 0 Å². The fourth-order valence-electron chi connectivity index (χ4n) is 1.87. The number of hydrogen-bond donors (Lipinski definition) is 2. The summed E-state index contributed by atoms with van der Waals surface area (Å²) in [5.74, 6) is -0.132. The number of carbonyl (C=O) groups is 1. The summed E-state index contributed by atoms with van der Waals surface area (Å²) in [6.07, 6.45) is 1.38. The van der Waals surface area contributed by atoms with Gasteiger partial charge in [-0.2, -0.15) is 0 Å². The number of halogens is 2. The van der Waals surface area contributed by atoms with E-state index >= 15 is 0 Å². The van der Waals surface area contributed by atoms with Crippen molar-refractivity contribution >= 4 is 43.5 Å². The first-order chi connectivity index (χ1) is 11.3. The summed E-state index contributed by atoms with van der Waals surface area (Å²) in [5.41, 5.74) is 0. The zero-order valence-electron chi connectivity index (χ0n) is 12.5. The number of furan rings is 1. The molecule has 2 rings (SSSR count). The second-order valence-corrected chi connectivity index (χ2v) is 7.58. The quantitative estimate of drug-likeness (QED) is 0.648. The van der Waals surface area contributed by atoms with Crippen molar-refractivity contribution in [1.29, 1.82) is 0 Å². The molecule has 0 bridgehead atoms. The number of amides is 1. The summed E-state index contributed by atoms with van der Waals surface area (Å²) in [7, 11) is -2.51. The summed E-state index contributed by atoms with van der Waals surface area (Å²) in [4.78, 5) is 11.6. The van der Waals surface area contributed by atoms with Gasteiger partial charge in [-0.3, -0.25) is 4.79 Å². The van der Waals surface area contributed by atoms with Crippen LogP contribution in [0.4, 0.5) is 0 Å². The minimum absolute atomic E-state index is 0.0118. The number of hydrogen-bond acceptors (Lipinski definition) is 5. The molecule has 0 aliphatic carbocycles. The predicted octanol–water partition coefficient (Wildman–Crippen LogP) is 2.41. The van der Waals surface area contributed by atoms with Crippen LogP contribution in [0.2, 0.25) is 5.02 Å². The maximum atomic E-state index is 12.4. The molecule has 24 heavy (non-hydrogen) atoms. The van der Waals surface area contributed by atoms with Crippen LogP contribution in [0.5, 0.6) is 5.75 Å². The molecule has 0 unspecified atom stereocenters. The normalized spacial score (nSPS) is 11.3. The largest absolute Gasteiger partial charge is 0.494 e. The summed E-state index contributed by atoms with van der Waals surface area (Å²) >= 11 is 9.10. The second-order valence-electron chi connectivity index (χ2n) is 4.55. The van der Waals surface area contributed by atoms with Crippen molar-refractivity contribution in [3.63, 3.8) is 0 Å². The molecule has 0 radical (unpaired) electrons. The number of sulfonamides is 1. The van der Waals surface area contributed by atoms with E-state index in [2.05, 4.69) is 26.0 Å². The van der Waals surface area contributed by atoms with E-state index in [9.17, 15) is 13.2 Å². The van der Waals surface area contributed by atoms with Gasteiger partial charge in [0, 0.05) is 18.1 Å². The van der Waals surface area contributed by atoms with E-state index in [0.717, 1.165) is 0 Å². The first kappa shape index (κ1) is 18.8. The lowest BCUT2D eigenvalue weighted by Crippen LogP contribution is -2.34. The third-order valence-electron chi connectivity index (χ3n) is 2.92. The summed E-state index contributed by atoms with van der Waals surface area (Å²) < 4.78 is 37.6. The standard InChI is InChI=1S/C14H14BrClN2O5S/c1-22-13-10(15)7-9(16)8-12(13)24(20,21)18-5-4-17-14(19)11-3-2-6-23-11/h2-3,6-8,18H,4-5H2,1H3,(H,17,19). The van der Waals surface area contributed by atoms with E-state index in [1.54, 1.807) is 6.07 Å². The molecule has 1 aromatic carbocycles. The zero-order chi connectivity index (χ0) is 17.7. The predicted molar refractivity (Wildman–Crippen MR) is 91.9 cm³/mol. The minimum atomic E-state index is -3.86. The minimum Gasteiger partial charge on any atom is -0.494 e. The first-order valence-electron chi connectivity index (χ1n) is 6.69. The molecule has 0 spiro atoms. The van der Waals surface area contributed by atoms with Crippen molar-refractivity contribution in [1.82, 2.24) is 10.0 Å².